The maximum Gasteiger partial charge on any atom is 0.410 e. The molecule has 26 heavy (non-hydrogen) atoms. The minimum absolute atomic E-state index is 0.0517. The maximum atomic E-state index is 12.7. The number of amides is 2. The summed E-state index contributed by atoms with van der Waals surface area (Å²) in [5, 5.41) is 0.686. The zero-order valence-electron chi connectivity index (χ0n) is 16.0. The summed E-state index contributed by atoms with van der Waals surface area (Å²) in [5.74, 6) is 0.0759. The molecule has 5 nitrogen and oxygen atoms in total. The molecule has 0 N–H and O–H groups in total. The fourth-order valence-corrected chi connectivity index (χ4v) is 4.10. The van der Waals surface area contributed by atoms with E-state index in [4.69, 9.17) is 16.3 Å². The van der Waals surface area contributed by atoms with Gasteiger partial charge in [0.25, 0.3) is 0 Å². The molecular formula is C20H27ClN2O3. The highest BCUT2D eigenvalue weighted by atomic mass is 35.5. The molecule has 0 radical (unpaired) electrons. The standard InChI is InChI=1S/C20H27ClN2O3/c1-13(24)22-9-7-14-10-15(21)11-16(17(14)12-22)18-6-5-8-23(18)19(25)26-20(2,3)4/h10-11,18H,5-9,12H2,1-4H3. The third-order valence-electron chi connectivity index (χ3n) is 5.03. The average molecular weight is 379 g/mol. The van der Waals surface area contributed by atoms with E-state index in [9.17, 15) is 9.59 Å². The van der Waals surface area contributed by atoms with E-state index in [0.29, 0.717) is 24.7 Å². The van der Waals surface area contributed by atoms with Gasteiger partial charge in [-0.05, 0) is 68.9 Å². The highest BCUT2D eigenvalue weighted by Gasteiger charge is 2.35. The molecule has 0 bridgehead atoms. The molecule has 6 heteroatoms. The number of fused-ring (bicyclic) bond motifs is 1. The lowest BCUT2D eigenvalue weighted by atomic mass is 9.90. The largest absolute Gasteiger partial charge is 0.444 e. The normalized spacial score (nSPS) is 20.1. The molecule has 1 atom stereocenters. The van der Waals surface area contributed by atoms with E-state index in [-0.39, 0.29) is 18.0 Å². The number of carbonyl (C=O) groups is 2. The summed E-state index contributed by atoms with van der Waals surface area (Å²) >= 11 is 6.38. The van der Waals surface area contributed by atoms with Gasteiger partial charge in [0.05, 0.1) is 6.04 Å². The molecule has 2 aliphatic heterocycles. The van der Waals surface area contributed by atoms with Gasteiger partial charge in [-0.25, -0.2) is 4.79 Å². The van der Waals surface area contributed by atoms with E-state index in [1.54, 1.807) is 6.92 Å². The van der Waals surface area contributed by atoms with Gasteiger partial charge in [-0.1, -0.05) is 11.6 Å². The van der Waals surface area contributed by atoms with Crippen LogP contribution in [0.15, 0.2) is 12.1 Å². The van der Waals surface area contributed by atoms with Crippen molar-refractivity contribution in [1.29, 1.82) is 0 Å². The molecular weight excluding hydrogens is 352 g/mol. The van der Waals surface area contributed by atoms with E-state index in [0.717, 1.165) is 30.4 Å². The van der Waals surface area contributed by atoms with Gasteiger partial charge in [0.1, 0.15) is 5.60 Å². The van der Waals surface area contributed by atoms with Crippen LogP contribution in [0.25, 0.3) is 0 Å². The van der Waals surface area contributed by atoms with Gasteiger partial charge >= 0.3 is 6.09 Å². The number of ether oxygens (including phenoxy) is 1. The van der Waals surface area contributed by atoms with Crippen molar-refractivity contribution >= 4 is 23.6 Å². The van der Waals surface area contributed by atoms with Crippen molar-refractivity contribution in [2.45, 2.75) is 65.1 Å². The Labute approximate surface area is 160 Å². The topological polar surface area (TPSA) is 49.9 Å². The minimum atomic E-state index is -0.524. The molecule has 2 amide bonds. The molecule has 0 aromatic heterocycles. The second-order valence-electron chi connectivity index (χ2n) is 8.16. The third-order valence-corrected chi connectivity index (χ3v) is 5.24. The molecule has 3 rings (SSSR count). The van der Waals surface area contributed by atoms with Gasteiger partial charge in [0, 0.05) is 31.6 Å². The number of likely N-dealkylation sites (tertiary alicyclic amines) is 1. The van der Waals surface area contributed by atoms with Crippen LogP contribution < -0.4 is 0 Å². The highest BCUT2D eigenvalue weighted by Crippen LogP contribution is 2.39. The van der Waals surface area contributed by atoms with Crippen LogP contribution in [0, 0.1) is 0 Å². The van der Waals surface area contributed by atoms with Crippen molar-refractivity contribution in [2.75, 3.05) is 13.1 Å². The van der Waals surface area contributed by atoms with Gasteiger partial charge in [0.15, 0.2) is 0 Å². The summed E-state index contributed by atoms with van der Waals surface area (Å²) < 4.78 is 5.60. The number of nitrogens with zero attached hydrogens (tertiary/aromatic N) is 2. The zero-order chi connectivity index (χ0) is 19.1. The quantitative estimate of drug-likeness (QED) is 0.731. The first-order valence-electron chi connectivity index (χ1n) is 9.22. The molecule has 0 spiro atoms. The van der Waals surface area contributed by atoms with Gasteiger partial charge in [-0.3, -0.25) is 4.79 Å². The Kier molecular flexibility index (Phi) is 5.20. The lowest BCUT2D eigenvalue weighted by Crippen LogP contribution is -2.38. The predicted molar refractivity (Wildman–Crippen MR) is 101 cm³/mol. The van der Waals surface area contributed by atoms with Crippen LogP contribution in [-0.2, 0) is 22.5 Å². The van der Waals surface area contributed by atoms with Crippen LogP contribution in [0.5, 0.6) is 0 Å². The molecule has 1 unspecified atom stereocenters. The second-order valence-corrected chi connectivity index (χ2v) is 8.59. The summed E-state index contributed by atoms with van der Waals surface area (Å²) in [6, 6.07) is 3.89. The SMILES string of the molecule is CC(=O)N1CCc2cc(Cl)cc(C3CCCN3C(=O)OC(C)(C)C)c2C1. The van der Waals surface area contributed by atoms with E-state index in [1.165, 1.54) is 5.56 Å². The van der Waals surface area contributed by atoms with Gasteiger partial charge in [-0.2, -0.15) is 0 Å². The van der Waals surface area contributed by atoms with Crippen molar-refractivity contribution in [3.63, 3.8) is 0 Å². The monoisotopic (exact) mass is 378 g/mol. The molecule has 0 saturated carbocycles. The zero-order valence-corrected chi connectivity index (χ0v) is 16.7. The number of rotatable bonds is 1. The van der Waals surface area contributed by atoms with Crippen molar-refractivity contribution in [1.82, 2.24) is 9.80 Å². The highest BCUT2D eigenvalue weighted by molar-refractivity contribution is 6.30. The Morgan fingerprint density at radius 1 is 1.23 bits per heavy atom. The molecule has 1 saturated heterocycles. The molecule has 142 valence electrons. The van der Waals surface area contributed by atoms with Crippen LogP contribution in [0.1, 0.15) is 63.3 Å². The van der Waals surface area contributed by atoms with Crippen molar-refractivity contribution < 1.29 is 14.3 Å². The Morgan fingerprint density at radius 2 is 1.96 bits per heavy atom. The summed E-state index contributed by atoms with van der Waals surface area (Å²) in [7, 11) is 0. The van der Waals surface area contributed by atoms with Crippen LogP contribution in [0.2, 0.25) is 5.02 Å². The fraction of sp³-hybridized carbons (Fsp3) is 0.600. The van der Waals surface area contributed by atoms with Crippen LogP contribution >= 0.6 is 11.6 Å². The Morgan fingerprint density at radius 3 is 2.62 bits per heavy atom. The van der Waals surface area contributed by atoms with E-state index >= 15 is 0 Å². The Balaban J connectivity index is 1.94. The van der Waals surface area contributed by atoms with E-state index in [1.807, 2.05) is 42.7 Å². The van der Waals surface area contributed by atoms with Gasteiger partial charge in [-0.15, -0.1) is 0 Å². The molecule has 1 fully saturated rings. The van der Waals surface area contributed by atoms with Crippen molar-refractivity contribution in [3.05, 3.63) is 33.8 Å². The van der Waals surface area contributed by atoms with Crippen LogP contribution in [0.3, 0.4) is 0 Å². The number of carbonyl (C=O) groups excluding carboxylic acids is 2. The third kappa shape index (κ3) is 3.98. The first-order valence-corrected chi connectivity index (χ1v) is 9.60. The molecule has 1 aromatic rings. The first-order chi connectivity index (χ1) is 12.2. The average Bonchev–Trinajstić information content (AvgIpc) is 3.01. The smallest absolute Gasteiger partial charge is 0.410 e. The second kappa shape index (κ2) is 7.10. The Bertz CT molecular complexity index is 727. The minimum Gasteiger partial charge on any atom is -0.444 e. The molecule has 2 heterocycles. The predicted octanol–water partition coefficient (Wildman–Crippen LogP) is 4.32. The number of hydrogen-bond acceptors (Lipinski definition) is 3. The summed E-state index contributed by atoms with van der Waals surface area (Å²) in [4.78, 5) is 28.2. The van der Waals surface area contributed by atoms with Gasteiger partial charge < -0.3 is 14.5 Å². The Hall–Kier alpha value is -1.75. The van der Waals surface area contributed by atoms with Crippen molar-refractivity contribution in [3.8, 4) is 0 Å². The first kappa shape index (κ1) is 19.0. The van der Waals surface area contributed by atoms with Crippen LogP contribution in [0.4, 0.5) is 4.79 Å². The number of benzene rings is 1. The summed E-state index contributed by atoms with van der Waals surface area (Å²) in [5.41, 5.74) is 2.85. The summed E-state index contributed by atoms with van der Waals surface area (Å²) in [6.45, 7) is 9.20. The maximum absolute atomic E-state index is 12.7. The number of halogens is 1. The summed E-state index contributed by atoms with van der Waals surface area (Å²) in [6.07, 6.45) is 2.32. The van der Waals surface area contributed by atoms with Crippen LogP contribution in [-0.4, -0.2) is 40.5 Å². The van der Waals surface area contributed by atoms with Crippen molar-refractivity contribution in [2.24, 2.45) is 0 Å². The van der Waals surface area contributed by atoms with E-state index < -0.39 is 5.60 Å². The molecule has 1 aromatic carbocycles. The van der Waals surface area contributed by atoms with Gasteiger partial charge in [0.2, 0.25) is 5.91 Å². The van der Waals surface area contributed by atoms with E-state index in [2.05, 4.69) is 0 Å². The fourth-order valence-electron chi connectivity index (χ4n) is 3.85. The molecule has 0 aliphatic carbocycles. The molecule has 2 aliphatic rings. The lowest BCUT2D eigenvalue weighted by molar-refractivity contribution is -0.129. The number of hydrogen-bond donors (Lipinski definition) is 0. The lowest BCUT2D eigenvalue weighted by Gasteiger charge is -2.34.